The molecule has 2 heterocycles. The lowest BCUT2D eigenvalue weighted by molar-refractivity contribution is -0.374. The monoisotopic (exact) mass is 972 g/mol. The third-order valence-electron chi connectivity index (χ3n) is 12.7. The van der Waals surface area contributed by atoms with Gasteiger partial charge in [-0.15, -0.1) is 0 Å². The summed E-state index contributed by atoms with van der Waals surface area (Å²) in [6, 6.07) is 69.6. The smallest absolute Gasteiger partial charge is 0.187 e. The summed E-state index contributed by atoms with van der Waals surface area (Å²) in [6.45, 7) is 1.91. The van der Waals surface area contributed by atoms with E-state index in [-0.39, 0.29) is 46.2 Å². The fourth-order valence-electron chi connectivity index (χ4n) is 8.97. The van der Waals surface area contributed by atoms with Crippen LogP contribution in [0.1, 0.15) is 38.9 Å². The lowest BCUT2D eigenvalue weighted by Gasteiger charge is -2.49. The third-order valence-corrected chi connectivity index (χ3v) is 12.7. The van der Waals surface area contributed by atoms with Crippen molar-refractivity contribution in [2.45, 2.75) is 108 Å². The minimum Gasteiger partial charge on any atom is -0.374 e. The zero-order valence-corrected chi connectivity index (χ0v) is 40.4. The van der Waals surface area contributed by atoms with Gasteiger partial charge in [0.25, 0.3) is 0 Å². The van der Waals surface area contributed by atoms with Crippen molar-refractivity contribution >= 4 is 0 Å². The number of rotatable bonds is 25. The van der Waals surface area contributed by atoms with Crippen LogP contribution in [0.3, 0.4) is 0 Å². The Kier molecular flexibility index (Phi) is 19.3. The predicted octanol–water partition coefficient (Wildman–Crippen LogP) is 10.2. The van der Waals surface area contributed by atoms with Crippen LogP contribution in [0.2, 0.25) is 0 Å². The number of aliphatic hydroxyl groups excluding tert-OH is 1. The quantitative estimate of drug-likeness (QED) is 0.0591. The molecule has 7 aromatic rings. The molecule has 2 fully saturated rings. The lowest BCUT2D eigenvalue weighted by atomic mass is 9.95. The van der Waals surface area contributed by atoms with Gasteiger partial charge in [-0.25, -0.2) is 0 Å². The minimum atomic E-state index is -1.41. The van der Waals surface area contributed by atoms with Gasteiger partial charge in [0.15, 0.2) is 12.6 Å². The molecule has 10 unspecified atom stereocenters. The van der Waals surface area contributed by atoms with Gasteiger partial charge < -0.3 is 52.5 Å². The summed E-state index contributed by atoms with van der Waals surface area (Å²) in [5, 5.41) is 12.0. The van der Waals surface area contributed by atoms with Gasteiger partial charge in [0, 0.05) is 0 Å². The highest BCUT2D eigenvalue weighted by atomic mass is 16.8. The van der Waals surface area contributed by atoms with Gasteiger partial charge in [-0.3, -0.25) is 0 Å². The molecule has 9 rings (SSSR count). The van der Waals surface area contributed by atoms with Crippen LogP contribution in [0.5, 0.6) is 0 Å². The van der Waals surface area contributed by atoms with E-state index < -0.39 is 61.4 Å². The molecular formula is C61H64O11. The second-order valence-electron chi connectivity index (χ2n) is 18.0. The molecule has 0 spiro atoms. The standard InChI is InChI=1S/C61H64O11/c62-60-58(68-41-50-32-18-6-19-33-50)57(67-40-49-30-16-5-17-31-49)55(53(70-60)44-64-37-46-24-10-2-11-25-46)72-61-59(69-42-51-34-20-7-21-35-51)56(66-39-48-28-14-4-15-29-48)54(65-38-47-26-12-3-13-27-47)52(71-61)43-63-36-45-22-8-1-9-23-45/h1-35,52-62H,36-44H2. The summed E-state index contributed by atoms with van der Waals surface area (Å²) in [5.41, 5.74) is 6.75. The second-order valence-corrected chi connectivity index (χ2v) is 18.0. The number of hydrogen-bond donors (Lipinski definition) is 1. The Labute approximate surface area is 423 Å². The SMILES string of the molecule is OC1OC(COCc2ccccc2)C(OC2OC(COCc3ccccc3)C(OCc3ccccc3)C(OCc3ccccc3)C2OCc2ccccc2)C(OCc2ccccc2)C1OCc1ccccc1. The van der Waals surface area contributed by atoms with E-state index in [1.165, 1.54) is 0 Å². The fraction of sp³-hybridized carbons (Fsp3) is 0.311. The molecule has 0 radical (unpaired) electrons. The van der Waals surface area contributed by atoms with E-state index in [0.717, 1.165) is 38.9 Å². The molecule has 2 aliphatic rings. The molecule has 0 bridgehead atoms. The zero-order valence-electron chi connectivity index (χ0n) is 40.4. The summed E-state index contributed by atoms with van der Waals surface area (Å²) in [7, 11) is 0. The van der Waals surface area contributed by atoms with Crippen LogP contribution in [-0.4, -0.2) is 79.7 Å². The number of benzene rings is 7. The Bertz CT molecular complexity index is 2550. The van der Waals surface area contributed by atoms with Crippen LogP contribution >= 0.6 is 0 Å². The largest absolute Gasteiger partial charge is 0.374 e. The van der Waals surface area contributed by atoms with E-state index in [4.69, 9.17) is 47.4 Å². The summed E-state index contributed by atoms with van der Waals surface area (Å²) < 4.78 is 68.6. The maximum Gasteiger partial charge on any atom is 0.187 e. The highest BCUT2D eigenvalue weighted by Gasteiger charge is 2.54. The van der Waals surface area contributed by atoms with E-state index in [0.29, 0.717) is 13.2 Å². The van der Waals surface area contributed by atoms with E-state index in [9.17, 15) is 5.11 Å². The van der Waals surface area contributed by atoms with E-state index in [1.54, 1.807) is 0 Å². The van der Waals surface area contributed by atoms with Crippen LogP contribution in [0, 0.1) is 0 Å². The molecule has 0 amide bonds. The van der Waals surface area contributed by atoms with E-state index in [2.05, 4.69) is 0 Å². The van der Waals surface area contributed by atoms with Crippen LogP contribution in [-0.2, 0) is 93.6 Å². The normalized spacial score (nSPS) is 24.2. The fourth-order valence-corrected chi connectivity index (χ4v) is 8.97. The Morgan fingerprint density at radius 3 is 0.931 bits per heavy atom. The topological polar surface area (TPSA) is 113 Å². The van der Waals surface area contributed by atoms with E-state index >= 15 is 0 Å². The van der Waals surface area contributed by atoms with Crippen molar-refractivity contribution < 1.29 is 52.5 Å². The van der Waals surface area contributed by atoms with Gasteiger partial charge in [0.1, 0.15) is 48.8 Å². The van der Waals surface area contributed by atoms with E-state index in [1.807, 2.05) is 212 Å². The summed E-state index contributed by atoms with van der Waals surface area (Å²) in [4.78, 5) is 0. The van der Waals surface area contributed by atoms with Crippen molar-refractivity contribution in [1.82, 2.24) is 0 Å². The molecular weight excluding hydrogens is 909 g/mol. The molecule has 11 heteroatoms. The van der Waals surface area contributed by atoms with Crippen molar-refractivity contribution in [2.24, 2.45) is 0 Å². The third kappa shape index (κ3) is 14.8. The molecule has 0 aromatic heterocycles. The molecule has 2 saturated heterocycles. The second kappa shape index (κ2) is 27.2. The maximum atomic E-state index is 12.0. The van der Waals surface area contributed by atoms with Crippen molar-refractivity contribution in [3.8, 4) is 0 Å². The first-order valence-electron chi connectivity index (χ1n) is 24.8. The lowest BCUT2D eigenvalue weighted by Crippen LogP contribution is -2.66. The van der Waals surface area contributed by atoms with Crippen molar-refractivity contribution in [3.05, 3.63) is 251 Å². The van der Waals surface area contributed by atoms with Gasteiger partial charge in [-0.05, 0) is 38.9 Å². The summed E-state index contributed by atoms with van der Waals surface area (Å²) >= 11 is 0. The van der Waals surface area contributed by atoms with Crippen molar-refractivity contribution in [3.63, 3.8) is 0 Å². The Hall–Kier alpha value is -5.90. The molecule has 374 valence electrons. The molecule has 0 aliphatic carbocycles. The van der Waals surface area contributed by atoms with Gasteiger partial charge in [-0.2, -0.15) is 0 Å². The molecule has 1 N–H and O–H groups in total. The average Bonchev–Trinajstić information content (AvgIpc) is 3.43. The van der Waals surface area contributed by atoms with Crippen molar-refractivity contribution in [2.75, 3.05) is 13.2 Å². The molecule has 0 saturated carbocycles. The first kappa shape index (κ1) is 51.0. The highest BCUT2D eigenvalue weighted by molar-refractivity contribution is 5.19. The first-order valence-corrected chi connectivity index (χ1v) is 24.8. The minimum absolute atomic E-state index is 0.0375. The Morgan fingerprint density at radius 1 is 0.292 bits per heavy atom. The van der Waals surface area contributed by atoms with Gasteiger partial charge in [0.05, 0.1) is 59.5 Å². The van der Waals surface area contributed by atoms with Crippen LogP contribution in [0.15, 0.2) is 212 Å². The number of aliphatic hydroxyl groups is 1. The summed E-state index contributed by atoms with van der Waals surface area (Å²) in [5.74, 6) is 0. The molecule has 72 heavy (non-hydrogen) atoms. The first-order chi connectivity index (χ1) is 35.6. The molecule has 2 aliphatic heterocycles. The highest BCUT2D eigenvalue weighted by Crippen LogP contribution is 2.36. The van der Waals surface area contributed by atoms with Crippen LogP contribution < -0.4 is 0 Å². The van der Waals surface area contributed by atoms with Gasteiger partial charge in [0.2, 0.25) is 0 Å². The number of hydrogen-bond acceptors (Lipinski definition) is 11. The van der Waals surface area contributed by atoms with Crippen LogP contribution in [0.4, 0.5) is 0 Å². The number of ether oxygens (including phenoxy) is 10. The van der Waals surface area contributed by atoms with Gasteiger partial charge in [-0.1, -0.05) is 212 Å². The Morgan fingerprint density at radius 2 is 0.569 bits per heavy atom. The van der Waals surface area contributed by atoms with Gasteiger partial charge >= 0.3 is 0 Å². The molecule has 10 atom stereocenters. The summed E-state index contributed by atoms with van der Waals surface area (Å²) in [6.07, 6.45) is -9.37. The Balaban J connectivity index is 1.10. The maximum absolute atomic E-state index is 12.0. The average molecular weight is 973 g/mol. The zero-order chi connectivity index (χ0) is 49.0. The van der Waals surface area contributed by atoms with Crippen molar-refractivity contribution in [1.29, 1.82) is 0 Å². The predicted molar refractivity (Wildman–Crippen MR) is 272 cm³/mol. The van der Waals surface area contributed by atoms with Crippen LogP contribution in [0.25, 0.3) is 0 Å². The molecule has 11 nitrogen and oxygen atoms in total. The molecule has 7 aromatic carbocycles.